The van der Waals surface area contributed by atoms with E-state index in [1.807, 2.05) is 0 Å². The van der Waals surface area contributed by atoms with Gasteiger partial charge in [0, 0.05) is 11.6 Å². The summed E-state index contributed by atoms with van der Waals surface area (Å²) in [7, 11) is 0. The van der Waals surface area contributed by atoms with Crippen molar-refractivity contribution in [1.29, 1.82) is 0 Å². The van der Waals surface area contributed by atoms with Gasteiger partial charge in [-0.2, -0.15) is 0 Å². The molecule has 6 nitrogen and oxygen atoms in total. The number of carboxylic acid groups (broad SMARTS) is 1. The average molecular weight is 287 g/mol. The molecule has 0 radical (unpaired) electrons. The SMILES string of the molecule is Cc1cc(OCc2ccc(C(=O)O)cc2)ccc1[N+](=O)[O-]. The fourth-order valence-electron chi connectivity index (χ4n) is 1.83. The third kappa shape index (κ3) is 3.56. The van der Waals surface area contributed by atoms with Crippen LogP contribution in [0, 0.1) is 17.0 Å². The summed E-state index contributed by atoms with van der Waals surface area (Å²) < 4.78 is 5.54. The van der Waals surface area contributed by atoms with E-state index in [-0.39, 0.29) is 17.9 Å². The Kier molecular flexibility index (Phi) is 4.18. The van der Waals surface area contributed by atoms with Gasteiger partial charge in [0.1, 0.15) is 12.4 Å². The molecule has 0 aliphatic carbocycles. The molecule has 0 aliphatic heterocycles. The minimum absolute atomic E-state index is 0.0492. The van der Waals surface area contributed by atoms with Crippen molar-refractivity contribution in [3.63, 3.8) is 0 Å². The van der Waals surface area contributed by atoms with E-state index in [9.17, 15) is 14.9 Å². The Bertz CT molecular complexity index is 679. The lowest BCUT2D eigenvalue weighted by molar-refractivity contribution is -0.385. The van der Waals surface area contributed by atoms with Crippen LogP contribution >= 0.6 is 0 Å². The van der Waals surface area contributed by atoms with Crippen LogP contribution in [0.4, 0.5) is 5.69 Å². The smallest absolute Gasteiger partial charge is 0.335 e. The van der Waals surface area contributed by atoms with Crippen molar-refractivity contribution in [2.75, 3.05) is 0 Å². The molecular formula is C15H13NO5. The molecule has 0 unspecified atom stereocenters. The monoisotopic (exact) mass is 287 g/mol. The van der Waals surface area contributed by atoms with Gasteiger partial charge in [-0.3, -0.25) is 10.1 Å². The standard InChI is InChI=1S/C15H13NO5/c1-10-8-13(6-7-14(10)16(19)20)21-9-11-2-4-12(5-3-11)15(17)18/h2-8H,9H2,1H3,(H,17,18). The fraction of sp³-hybridized carbons (Fsp3) is 0.133. The van der Waals surface area contributed by atoms with Crippen LogP contribution in [0.5, 0.6) is 5.75 Å². The van der Waals surface area contributed by atoms with E-state index in [2.05, 4.69) is 0 Å². The molecule has 0 spiro atoms. The lowest BCUT2D eigenvalue weighted by Crippen LogP contribution is -1.99. The molecule has 0 aliphatic rings. The van der Waals surface area contributed by atoms with Crippen molar-refractivity contribution in [2.45, 2.75) is 13.5 Å². The lowest BCUT2D eigenvalue weighted by Gasteiger charge is -2.07. The van der Waals surface area contributed by atoms with Gasteiger partial charge in [-0.15, -0.1) is 0 Å². The number of aryl methyl sites for hydroxylation is 1. The Morgan fingerprint density at radius 1 is 1.24 bits per heavy atom. The van der Waals surface area contributed by atoms with Crippen LogP contribution in [-0.4, -0.2) is 16.0 Å². The number of benzene rings is 2. The number of ether oxygens (including phenoxy) is 1. The van der Waals surface area contributed by atoms with Crippen molar-refractivity contribution >= 4 is 11.7 Å². The van der Waals surface area contributed by atoms with E-state index in [1.54, 1.807) is 25.1 Å². The third-order valence-electron chi connectivity index (χ3n) is 2.97. The molecule has 1 N–H and O–H groups in total. The van der Waals surface area contributed by atoms with Crippen LogP contribution in [0.15, 0.2) is 42.5 Å². The Balaban J connectivity index is 2.04. The molecule has 2 rings (SSSR count). The first-order valence-electron chi connectivity index (χ1n) is 6.17. The molecular weight excluding hydrogens is 274 g/mol. The summed E-state index contributed by atoms with van der Waals surface area (Å²) in [5, 5.41) is 19.5. The highest BCUT2D eigenvalue weighted by atomic mass is 16.6. The second-order valence-corrected chi connectivity index (χ2v) is 4.50. The first-order chi connectivity index (χ1) is 9.97. The number of carboxylic acids is 1. The Morgan fingerprint density at radius 3 is 2.43 bits per heavy atom. The molecule has 0 saturated carbocycles. The summed E-state index contributed by atoms with van der Waals surface area (Å²) in [6.45, 7) is 1.91. The summed E-state index contributed by atoms with van der Waals surface area (Å²) >= 11 is 0. The van der Waals surface area contributed by atoms with Crippen molar-refractivity contribution in [3.8, 4) is 5.75 Å². The molecule has 0 amide bonds. The first kappa shape index (κ1) is 14.5. The van der Waals surface area contributed by atoms with Crippen molar-refractivity contribution < 1.29 is 19.6 Å². The summed E-state index contributed by atoms with van der Waals surface area (Å²) in [6.07, 6.45) is 0. The number of hydrogen-bond donors (Lipinski definition) is 1. The number of nitro benzene ring substituents is 1. The number of hydrogen-bond acceptors (Lipinski definition) is 4. The van der Waals surface area contributed by atoms with Crippen LogP contribution in [-0.2, 0) is 6.61 Å². The molecule has 108 valence electrons. The second kappa shape index (κ2) is 6.04. The number of nitro groups is 1. The first-order valence-corrected chi connectivity index (χ1v) is 6.17. The maximum absolute atomic E-state index is 10.7. The highest BCUT2D eigenvalue weighted by Gasteiger charge is 2.10. The van der Waals surface area contributed by atoms with E-state index in [0.29, 0.717) is 11.3 Å². The van der Waals surface area contributed by atoms with E-state index >= 15 is 0 Å². The number of carbonyl (C=O) groups is 1. The van der Waals surface area contributed by atoms with E-state index in [0.717, 1.165) is 5.56 Å². The van der Waals surface area contributed by atoms with Gasteiger partial charge >= 0.3 is 5.97 Å². The van der Waals surface area contributed by atoms with Gasteiger partial charge in [0.25, 0.3) is 5.69 Å². The van der Waals surface area contributed by atoms with Crippen molar-refractivity contribution in [2.24, 2.45) is 0 Å². The lowest BCUT2D eigenvalue weighted by atomic mass is 10.1. The van der Waals surface area contributed by atoms with Gasteiger partial charge in [-0.05, 0) is 36.8 Å². The molecule has 0 heterocycles. The zero-order valence-corrected chi connectivity index (χ0v) is 11.3. The van der Waals surface area contributed by atoms with Gasteiger partial charge < -0.3 is 9.84 Å². The van der Waals surface area contributed by atoms with E-state index < -0.39 is 10.9 Å². The van der Waals surface area contributed by atoms with Gasteiger partial charge in [-0.25, -0.2) is 4.79 Å². The second-order valence-electron chi connectivity index (χ2n) is 4.50. The predicted octanol–water partition coefficient (Wildman–Crippen LogP) is 3.18. The van der Waals surface area contributed by atoms with Crippen LogP contribution in [0.3, 0.4) is 0 Å². The Hall–Kier alpha value is -2.89. The Morgan fingerprint density at radius 2 is 1.90 bits per heavy atom. The summed E-state index contributed by atoms with van der Waals surface area (Å²) in [6, 6.07) is 10.9. The zero-order valence-electron chi connectivity index (χ0n) is 11.3. The maximum atomic E-state index is 10.7. The highest BCUT2D eigenvalue weighted by Crippen LogP contribution is 2.23. The zero-order chi connectivity index (χ0) is 15.4. The fourth-order valence-corrected chi connectivity index (χ4v) is 1.83. The quantitative estimate of drug-likeness (QED) is 0.673. The number of nitrogens with zero attached hydrogens (tertiary/aromatic N) is 1. The molecule has 0 aromatic heterocycles. The third-order valence-corrected chi connectivity index (χ3v) is 2.97. The van der Waals surface area contributed by atoms with Gasteiger partial charge in [-0.1, -0.05) is 12.1 Å². The van der Waals surface area contributed by atoms with Crippen molar-refractivity contribution in [1.82, 2.24) is 0 Å². The predicted molar refractivity (Wildman–Crippen MR) is 75.6 cm³/mol. The normalized spacial score (nSPS) is 10.1. The van der Waals surface area contributed by atoms with Crippen LogP contribution in [0.25, 0.3) is 0 Å². The minimum atomic E-state index is -0.978. The average Bonchev–Trinajstić information content (AvgIpc) is 2.45. The van der Waals surface area contributed by atoms with Crippen LogP contribution < -0.4 is 4.74 Å². The molecule has 21 heavy (non-hydrogen) atoms. The number of rotatable bonds is 5. The summed E-state index contributed by atoms with van der Waals surface area (Å²) in [4.78, 5) is 21.0. The van der Waals surface area contributed by atoms with Gasteiger partial charge in [0.05, 0.1) is 10.5 Å². The Labute approximate surface area is 120 Å². The van der Waals surface area contributed by atoms with E-state index in [1.165, 1.54) is 24.3 Å². The van der Waals surface area contributed by atoms with Crippen LogP contribution in [0.2, 0.25) is 0 Å². The van der Waals surface area contributed by atoms with Crippen molar-refractivity contribution in [3.05, 3.63) is 69.3 Å². The molecule has 0 atom stereocenters. The van der Waals surface area contributed by atoms with Crippen LogP contribution in [0.1, 0.15) is 21.5 Å². The largest absolute Gasteiger partial charge is 0.489 e. The summed E-state index contributed by atoms with van der Waals surface area (Å²) in [5.41, 5.74) is 1.60. The van der Waals surface area contributed by atoms with E-state index in [4.69, 9.17) is 9.84 Å². The summed E-state index contributed by atoms with van der Waals surface area (Å²) in [5.74, 6) is -0.450. The molecule has 2 aromatic carbocycles. The maximum Gasteiger partial charge on any atom is 0.335 e. The minimum Gasteiger partial charge on any atom is -0.489 e. The molecule has 0 bridgehead atoms. The highest BCUT2D eigenvalue weighted by molar-refractivity contribution is 5.87. The molecule has 0 fully saturated rings. The molecule has 0 saturated heterocycles. The van der Waals surface area contributed by atoms with Gasteiger partial charge in [0.15, 0.2) is 0 Å². The molecule has 2 aromatic rings. The molecule has 6 heteroatoms. The van der Waals surface area contributed by atoms with Gasteiger partial charge in [0.2, 0.25) is 0 Å². The number of aromatic carboxylic acids is 1. The topological polar surface area (TPSA) is 89.7 Å².